The molecule has 328 valence electrons. The van der Waals surface area contributed by atoms with Crippen molar-refractivity contribution in [2.45, 2.75) is 169 Å². The van der Waals surface area contributed by atoms with Crippen LogP contribution in [0.3, 0.4) is 0 Å². The van der Waals surface area contributed by atoms with Gasteiger partial charge in [0.15, 0.2) is 5.43 Å². The Morgan fingerprint density at radius 3 is 2.30 bits per heavy atom. The predicted octanol–water partition coefficient (Wildman–Crippen LogP) is 14.3. The summed E-state index contributed by atoms with van der Waals surface area (Å²) in [5.74, 6) is 6.59. The molecule has 2 aromatic carbocycles. The lowest BCUT2D eigenvalue weighted by Crippen LogP contribution is -2.51. The topological polar surface area (TPSA) is 75.0 Å². The molecule has 0 aliphatic heterocycles. The van der Waals surface area contributed by atoms with Crippen LogP contribution in [0.1, 0.15) is 163 Å². The summed E-state index contributed by atoms with van der Waals surface area (Å²) in [4.78, 5) is 26.1. The second-order valence-electron chi connectivity index (χ2n) is 20.4. The Bertz CT molecular complexity index is 1960. The van der Waals surface area contributed by atoms with Gasteiger partial charge in [-0.05, 0) is 134 Å². The van der Waals surface area contributed by atoms with E-state index in [-0.39, 0.29) is 17.5 Å². The van der Waals surface area contributed by atoms with E-state index in [1.54, 1.807) is 18.7 Å². The van der Waals surface area contributed by atoms with Crippen LogP contribution in [0.2, 0.25) is 0 Å². The fraction of sp³-hybridized carbons (Fsp3) is 0.667. The molecule has 0 saturated heterocycles. The molecule has 3 aromatic rings. The normalized spacial score (nSPS) is 27.8. The second kappa shape index (κ2) is 20.1. The molecule has 0 amide bonds. The van der Waals surface area contributed by atoms with Crippen LogP contribution in [-0.4, -0.2) is 25.8 Å². The maximum absolute atomic E-state index is 13.1. The van der Waals surface area contributed by atoms with Gasteiger partial charge >= 0.3 is 5.97 Å². The lowest BCUT2D eigenvalue weighted by atomic mass is 9.47. The molecule has 1 aromatic heterocycles. The zero-order chi connectivity index (χ0) is 42.3. The number of carbonyl (C=O) groups excluding carboxylic acids is 1. The van der Waals surface area contributed by atoms with Crippen LogP contribution in [0.5, 0.6) is 11.5 Å². The van der Waals surface area contributed by atoms with Gasteiger partial charge in [0.1, 0.15) is 29.4 Å². The van der Waals surface area contributed by atoms with E-state index in [0.717, 1.165) is 85.3 Å². The third kappa shape index (κ3) is 10.0. The summed E-state index contributed by atoms with van der Waals surface area (Å²) in [5.41, 5.74) is 4.23. The first-order valence-corrected chi connectivity index (χ1v) is 24.2. The quantitative estimate of drug-likeness (QED) is 0.0642. The van der Waals surface area contributed by atoms with Crippen LogP contribution in [0.15, 0.2) is 69.6 Å². The molecule has 1 heterocycles. The molecule has 8 atom stereocenters. The molecule has 60 heavy (non-hydrogen) atoms. The molecular weight excluding hydrogens is 745 g/mol. The fourth-order valence-electron chi connectivity index (χ4n) is 12.8. The van der Waals surface area contributed by atoms with Crippen molar-refractivity contribution in [1.29, 1.82) is 0 Å². The van der Waals surface area contributed by atoms with E-state index in [2.05, 4.69) is 40.7 Å². The van der Waals surface area contributed by atoms with Gasteiger partial charge in [-0.25, -0.2) is 0 Å². The van der Waals surface area contributed by atoms with Crippen LogP contribution < -0.4 is 14.9 Å². The molecule has 3 saturated carbocycles. The monoisotopic (exact) mass is 821 g/mol. The van der Waals surface area contributed by atoms with E-state index in [0.29, 0.717) is 46.1 Å². The number of unbranched alkanes of at least 4 members (excludes halogenated alkanes) is 7. The van der Waals surface area contributed by atoms with Gasteiger partial charge in [-0.2, -0.15) is 0 Å². The van der Waals surface area contributed by atoms with E-state index in [1.165, 1.54) is 89.7 Å². The van der Waals surface area contributed by atoms with Crippen molar-refractivity contribution < 1.29 is 23.4 Å². The van der Waals surface area contributed by atoms with Crippen molar-refractivity contribution in [3.63, 3.8) is 0 Å². The van der Waals surface area contributed by atoms with Gasteiger partial charge < -0.3 is 18.6 Å². The number of esters is 1. The SMILES string of the molecule is COc1ccc(-c2coc3cc(OCCCCCCCCCCC(=O)OC4CC[C@@]5(C)C(=CC[C@H]6[C@@H]7CC[C@H]([C@H](C)CCCC(C)C)[C@@]7(C)CC[C@@H]65)C4)ccc3c2=O)cc1. The molecule has 0 spiro atoms. The molecule has 6 nitrogen and oxygen atoms in total. The number of hydrogen-bond acceptors (Lipinski definition) is 6. The summed E-state index contributed by atoms with van der Waals surface area (Å²) in [6.45, 7) is 13.2. The van der Waals surface area contributed by atoms with E-state index >= 15 is 0 Å². The lowest BCUT2D eigenvalue weighted by molar-refractivity contribution is -0.151. The minimum atomic E-state index is -0.0598. The number of allylic oxidation sites excluding steroid dienone is 1. The van der Waals surface area contributed by atoms with Crippen LogP contribution in [0.4, 0.5) is 0 Å². The van der Waals surface area contributed by atoms with Crippen LogP contribution in [0.25, 0.3) is 22.1 Å². The highest BCUT2D eigenvalue weighted by Crippen LogP contribution is 2.67. The number of hydrogen-bond donors (Lipinski definition) is 0. The average molecular weight is 821 g/mol. The van der Waals surface area contributed by atoms with E-state index < -0.39 is 0 Å². The van der Waals surface area contributed by atoms with E-state index in [1.807, 2.05) is 36.4 Å². The minimum Gasteiger partial charge on any atom is -0.497 e. The van der Waals surface area contributed by atoms with Gasteiger partial charge in [0, 0.05) is 18.9 Å². The van der Waals surface area contributed by atoms with E-state index in [4.69, 9.17) is 18.6 Å². The summed E-state index contributed by atoms with van der Waals surface area (Å²) in [5, 5.41) is 0.542. The standard InChI is InChI=1S/C54H76O6/c1-37(2)16-15-17-38(3)47-27-28-48-44-25-21-40-34-43(29-31-53(40,4)49(44)30-32-54(47,48)5)60-51(55)18-13-11-9-7-8-10-12-14-33-58-42-24-26-45-50(35-42)59-36-46(52(45)56)39-19-22-41(57-6)23-20-39/h19-24,26,35-38,43-44,47-49H,7-18,25,27-34H2,1-6H3/t38-,43?,44+,47-,48+,49+,53+,54-/m1/s1. The molecule has 0 bridgehead atoms. The Kier molecular flexibility index (Phi) is 14.9. The van der Waals surface area contributed by atoms with Crippen LogP contribution in [0, 0.1) is 46.3 Å². The third-order valence-corrected chi connectivity index (χ3v) is 16.2. The number of carbonyl (C=O) groups is 1. The number of fused-ring (bicyclic) bond motifs is 6. The maximum atomic E-state index is 13.1. The molecule has 7 rings (SSSR count). The Balaban J connectivity index is 0.748. The molecule has 0 N–H and O–H groups in total. The Morgan fingerprint density at radius 2 is 1.55 bits per heavy atom. The van der Waals surface area contributed by atoms with Crippen LogP contribution in [-0.2, 0) is 9.53 Å². The van der Waals surface area contributed by atoms with Gasteiger partial charge in [-0.3, -0.25) is 9.59 Å². The molecular formula is C54H76O6. The number of rotatable bonds is 20. The highest BCUT2D eigenvalue weighted by atomic mass is 16.5. The summed E-state index contributed by atoms with van der Waals surface area (Å²) in [6, 6.07) is 12.9. The summed E-state index contributed by atoms with van der Waals surface area (Å²) in [6.07, 6.45) is 28.0. The molecule has 0 radical (unpaired) electrons. The highest BCUT2D eigenvalue weighted by Gasteiger charge is 2.59. The maximum Gasteiger partial charge on any atom is 0.306 e. The van der Waals surface area contributed by atoms with Gasteiger partial charge in [-0.1, -0.05) is 116 Å². The number of ether oxygens (including phenoxy) is 3. The molecule has 1 unspecified atom stereocenters. The first kappa shape index (κ1) is 44.5. The second-order valence-corrected chi connectivity index (χ2v) is 20.4. The minimum absolute atomic E-state index is 0.0118. The smallest absolute Gasteiger partial charge is 0.306 e. The van der Waals surface area contributed by atoms with Crippen molar-refractivity contribution in [2.24, 2.45) is 46.3 Å². The Hall–Kier alpha value is -3.54. The number of methoxy groups -OCH3 is 1. The zero-order valence-electron chi connectivity index (χ0n) is 38.0. The van der Waals surface area contributed by atoms with Gasteiger partial charge in [0.05, 0.1) is 24.7 Å². The lowest BCUT2D eigenvalue weighted by Gasteiger charge is -2.58. The molecule has 6 heteroatoms. The van der Waals surface area contributed by atoms with Crippen molar-refractivity contribution in [1.82, 2.24) is 0 Å². The van der Waals surface area contributed by atoms with E-state index in [9.17, 15) is 9.59 Å². The summed E-state index contributed by atoms with van der Waals surface area (Å²) in [7, 11) is 1.62. The molecule has 4 aliphatic carbocycles. The van der Waals surface area contributed by atoms with Crippen molar-refractivity contribution >= 4 is 16.9 Å². The molecule has 3 fully saturated rings. The fourth-order valence-corrected chi connectivity index (χ4v) is 12.8. The third-order valence-electron chi connectivity index (χ3n) is 16.2. The first-order chi connectivity index (χ1) is 29.0. The Labute approximate surface area is 361 Å². The van der Waals surface area contributed by atoms with Gasteiger partial charge in [0.2, 0.25) is 0 Å². The van der Waals surface area contributed by atoms with Crippen molar-refractivity contribution in [3.05, 3.63) is 70.6 Å². The highest BCUT2D eigenvalue weighted by molar-refractivity contribution is 5.82. The average Bonchev–Trinajstić information content (AvgIpc) is 3.60. The van der Waals surface area contributed by atoms with Crippen molar-refractivity contribution in [2.75, 3.05) is 13.7 Å². The van der Waals surface area contributed by atoms with Crippen LogP contribution >= 0.6 is 0 Å². The first-order valence-electron chi connectivity index (χ1n) is 24.2. The summed E-state index contributed by atoms with van der Waals surface area (Å²) < 4.78 is 23.2. The zero-order valence-corrected chi connectivity index (χ0v) is 38.0. The largest absolute Gasteiger partial charge is 0.497 e. The number of benzene rings is 2. The van der Waals surface area contributed by atoms with Crippen molar-refractivity contribution in [3.8, 4) is 22.6 Å². The predicted molar refractivity (Wildman–Crippen MR) is 244 cm³/mol. The van der Waals surface area contributed by atoms with Gasteiger partial charge in [0.25, 0.3) is 0 Å². The van der Waals surface area contributed by atoms with Gasteiger partial charge in [-0.15, -0.1) is 0 Å². The summed E-state index contributed by atoms with van der Waals surface area (Å²) >= 11 is 0. The molecule has 4 aliphatic rings. The Morgan fingerprint density at radius 1 is 0.817 bits per heavy atom.